The van der Waals surface area contributed by atoms with E-state index in [0.717, 1.165) is 43.7 Å². The SMILES string of the molecule is O=[N+]([O-])c1cc2c(cc1Oc1ccccc1F)C(OP(=O)(N1CC1)N1CC1)CCC2. The number of aryl methyl sites for hydroxylation is 1. The van der Waals surface area contributed by atoms with Crippen LogP contribution < -0.4 is 4.74 Å². The molecule has 158 valence electrons. The Balaban J connectivity index is 1.51. The van der Waals surface area contributed by atoms with Crippen LogP contribution in [0.1, 0.15) is 30.1 Å². The molecule has 0 saturated carbocycles. The molecule has 1 atom stereocenters. The highest BCUT2D eigenvalue weighted by atomic mass is 31.2. The van der Waals surface area contributed by atoms with E-state index < -0.39 is 24.5 Å². The second-order valence-electron chi connectivity index (χ2n) is 7.69. The standard InChI is InChI=1S/C20H21FN3O5P/c21-16-5-1-2-6-19(16)28-20-13-15-14(12-17(20)24(25)26)4-3-7-18(15)29-30(27,22-8-9-22)23-10-11-23/h1-2,5-6,12-13,18H,3-4,7-11H2. The maximum Gasteiger partial charge on any atom is 0.346 e. The van der Waals surface area contributed by atoms with Crippen molar-refractivity contribution in [3.05, 3.63) is 63.5 Å². The minimum Gasteiger partial charge on any atom is -0.447 e. The molecule has 0 aromatic heterocycles. The summed E-state index contributed by atoms with van der Waals surface area (Å²) in [6.07, 6.45) is 1.65. The Labute approximate surface area is 172 Å². The topological polar surface area (TPSA) is 84.7 Å². The molecule has 2 fully saturated rings. The average molecular weight is 433 g/mol. The molecule has 2 saturated heterocycles. The van der Waals surface area contributed by atoms with Gasteiger partial charge in [-0.15, -0.1) is 0 Å². The van der Waals surface area contributed by atoms with Crippen LogP contribution in [0.4, 0.5) is 10.1 Å². The third-order valence-corrected chi connectivity index (χ3v) is 8.32. The molecule has 0 amide bonds. The van der Waals surface area contributed by atoms with Gasteiger partial charge in [-0.3, -0.25) is 19.2 Å². The number of ether oxygens (including phenoxy) is 1. The third kappa shape index (κ3) is 3.63. The van der Waals surface area contributed by atoms with Crippen molar-refractivity contribution in [1.29, 1.82) is 0 Å². The summed E-state index contributed by atoms with van der Waals surface area (Å²) in [6, 6.07) is 8.79. The second-order valence-corrected chi connectivity index (χ2v) is 10.0. The summed E-state index contributed by atoms with van der Waals surface area (Å²) in [7, 11) is -3.05. The van der Waals surface area contributed by atoms with Crippen LogP contribution in [0.2, 0.25) is 0 Å². The maximum absolute atomic E-state index is 14.1. The Kier molecular flexibility index (Phi) is 4.86. The number of nitrogens with zero attached hydrogens (tertiary/aromatic N) is 3. The van der Waals surface area contributed by atoms with Crippen molar-refractivity contribution >= 4 is 13.4 Å². The van der Waals surface area contributed by atoms with Gasteiger partial charge in [0, 0.05) is 32.2 Å². The van der Waals surface area contributed by atoms with Gasteiger partial charge in [0.2, 0.25) is 5.75 Å². The number of nitro benzene ring substituents is 1. The highest BCUT2D eigenvalue weighted by Gasteiger charge is 2.51. The number of hydrogen-bond acceptors (Lipinski definition) is 5. The van der Waals surface area contributed by atoms with Gasteiger partial charge in [0.05, 0.1) is 11.0 Å². The summed E-state index contributed by atoms with van der Waals surface area (Å²) in [4.78, 5) is 11.1. The van der Waals surface area contributed by atoms with E-state index in [2.05, 4.69) is 0 Å². The lowest BCUT2D eigenvalue weighted by Crippen LogP contribution is -2.17. The van der Waals surface area contributed by atoms with Crippen molar-refractivity contribution in [1.82, 2.24) is 9.34 Å². The van der Waals surface area contributed by atoms with E-state index in [4.69, 9.17) is 9.26 Å². The van der Waals surface area contributed by atoms with Crippen LogP contribution in [-0.2, 0) is 15.5 Å². The van der Waals surface area contributed by atoms with E-state index in [1.165, 1.54) is 24.3 Å². The zero-order chi connectivity index (χ0) is 20.9. The Morgan fingerprint density at radius 3 is 2.43 bits per heavy atom. The Bertz CT molecular complexity index is 1040. The molecule has 0 radical (unpaired) electrons. The molecule has 30 heavy (non-hydrogen) atoms. The van der Waals surface area contributed by atoms with Crippen molar-refractivity contribution < 1.29 is 23.1 Å². The monoisotopic (exact) mass is 433 g/mol. The van der Waals surface area contributed by atoms with Crippen LogP contribution in [-0.4, -0.2) is 40.4 Å². The van der Waals surface area contributed by atoms with E-state index >= 15 is 0 Å². The van der Waals surface area contributed by atoms with Gasteiger partial charge < -0.3 is 4.74 Å². The minimum absolute atomic E-state index is 0.0485. The molecule has 2 aromatic rings. The zero-order valence-corrected chi connectivity index (χ0v) is 17.1. The van der Waals surface area contributed by atoms with Crippen molar-refractivity contribution in [2.45, 2.75) is 25.4 Å². The molecule has 2 aliphatic heterocycles. The van der Waals surface area contributed by atoms with E-state index in [1.807, 2.05) is 9.34 Å². The summed E-state index contributed by atoms with van der Waals surface area (Å²) >= 11 is 0. The lowest BCUT2D eigenvalue weighted by atomic mass is 9.89. The van der Waals surface area contributed by atoms with Crippen LogP contribution in [0.5, 0.6) is 11.5 Å². The fourth-order valence-electron chi connectivity index (χ4n) is 3.83. The molecule has 2 heterocycles. The number of benzene rings is 2. The van der Waals surface area contributed by atoms with Gasteiger partial charge in [0.15, 0.2) is 11.6 Å². The Morgan fingerprint density at radius 1 is 1.10 bits per heavy atom. The Hall–Kier alpha value is -2.32. The first kappa shape index (κ1) is 19.6. The lowest BCUT2D eigenvalue weighted by molar-refractivity contribution is -0.385. The number of hydrogen-bond donors (Lipinski definition) is 0. The molecule has 0 N–H and O–H groups in total. The molecule has 1 unspecified atom stereocenters. The first-order valence-electron chi connectivity index (χ1n) is 9.98. The lowest BCUT2D eigenvalue weighted by Gasteiger charge is -2.30. The van der Waals surface area contributed by atoms with Gasteiger partial charge in [0.25, 0.3) is 0 Å². The van der Waals surface area contributed by atoms with Crippen LogP contribution in [0.3, 0.4) is 0 Å². The third-order valence-electron chi connectivity index (χ3n) is 5.56. The highest BCUT2D eigenvalue weighted by molar-refractivity contribution is 7.54. The van der Waals surface area contributed by atoms with Crippen molar-refractivity contribution in [3.63, 3.8) is 0 Å². The van der Waals surface area contributed by atoms with Gasteiger partial charge in [-0.2, -0.15) is 0 Å². The van der Waals surface area contributed by atoms with E-state index in [-0.39, 0.29) is 17.2 Å². The van der Waals surface area contributed by atoms with Crippen LogP contribution in [0.25, 0.3) is 0 Å². The maximum atomic E-state index is 14.1. The van der Waals surface area contributed by atoms with E-state index in [9.17, 15) is 19.1 Å². The van der Waals surface area contributed by atoms with Gasteiger partial charge in [-0.25, -0.2) is 13.7 Å². The van der Waals surface area contributed by atoms with Gasteiger partial charge in [-0.05, 0) is 48.6 Å². The molecular formula is C20H21FN3O5P. The Morgan fingerprint density at radius 2 is 1.80 bits per heavy atom. The molecular weight excluding hydrogens is 412 g/mol. The highest BCUT2D eigenvalue weighted by Crippen LogP contribution is 2.64. The largest absolute Gasteiger partial charge is 0.447 e. The first-order chi connectivity index (χ1) is 14.5. The number of rotatable bonds is 7. The van der Waals surface area contributed by atoms with E-state index in [1.54, 1.807) is 12.1 Å². The molecule has 10 heteroatoms. The smallest absolute Gasteiger partial charge is 0.346 e. The first-order valence-corrected chi connectivity index (χ1v) is 11.5. The summed E-state index contributed by atoms with van der Waals surface area (Å²) < 4.78 is 43.0. The number of para-hydroxylation sites is 1. The molecule has 5 rings (SSSR count). The predicted octanol–water partition coefficient (Wildman–Crippen LogP) is 4.66. The summed E-state index contributed by atoms with van der Waals surface area (Å²) in [5.74, 6) is -0.745. The zero-order valence-electron chi connectivity index (χ0n) is 16.2. The molecule has 2 aromatic carbocycles. The summed E-state index contributed by atoms with van der Waals surface area (Å²) in [6.45, 7) is 2.98. The predicted molar refractivity (Wildman–Crippen MR) is 107 cm³/mol. The molecule has 1 aliphatic carbocycles. The summed E-state index contributed by atoms with van der Waals surface area (Å²) in [5, 5.41) is 11.6. The van der Waals surface area contributed by atoms with Crippen LogP contribution >= 0.6 is 7.67 Å². The molecule has 8 nitrogen and oxygen atoms in total. The van der Waals surface area contributed by atoms with Crippen molar-refractivity contribution in [3.8, 4) is 11.5 Å². The molecule has 0 spiro atoms. The molecule has 3 aliphatic rings. The van der Waals surface area contributed by atoms with Crippen molar-refractivity contribution in [2.75, 3.05) is 26.2 Å². The van der Waals surface area contributed by atoms with Crippen LogP contribution in [0, 0.1) is 15.9 Å². The number of halogens is 1. The van der Waals surface area contributed by atoms with E-state index in [0.29, 0.717) is 12.8 Å². The van der Waals surface area contributed by atoms with Crippen molar-refractivity contribution in [2.24, 2.45) is 0 Å². The molecule has 0 bridgehead atoms. The fourth-order valence-corrected chi connectivity index (χ4v) is 6.19. The minimum atomic E-state index is -3.05. The van der Waals surface area contributed by atoms with Gasteiger partial charge in [-0.1, -0.05) is 12.1 Å². The fraction of sp³-hybridized carbons (Fsp3) is 0.400. The van der Waals surface area contributed by atoms with Crippen LogP contribution in [0.15, 0.2) is 36.4 Å². The second kappa shape index (κ2) is 7.42. The quantitative estimate of drug-likeness (QED) is 0.272. The number of nitro groups is 1. The van der Waals surface area contributed by atoms with Gasteiger partial charge in [0.1, 0.15) is 0 Å². The number of fused-ring (bicyclic) bond motifs is 1. The van der Waals surface area contributed by atoms with Gasteiger partial charge >= 0.3 is 13.4 Å². The average Bonchev–Trinajstić information content (AvgIpc) is 3.62. The summed E-state index contributed by atoms with van der Waals surface area (Å²) in [5.41, 5.74) is 1.28. The normalized spacial score (nSPS) is 21.2.